The number of nitrogens with zero attached hydrogens (tertiary/aromatic N) is 2. The van der Waals surface area contributed by atoms with Gasteiger partial charge >= 0.3 is 0 Å². The third-order valence-electron chi connectivity index (χ3n) is 2.69. The average molecular weight is 333 g/mol. The largest absolute Gasteiger partial charge is 0.452 e. The van der Waals surface area contributed by atoms with E-state index >= 15 is 0 Å². The number of aryl methyl sites for hydroxylation is 1. The molecule has 1 N–H and O–H groups in total. The molecule has 0 fully saturated rings. The van der Waals surface area contributed by atoms with Crippen LogP contribution in [-0.4, -0.2) is 16.3 Å². The van der Waals surface area contributed by atoms with E-state index in [1.807, 2.05) is 19.2 Å². The van der Waals surface area contributed by atoms with Gasteiger partial charge in [-0.3, -0.25) is 4.68 Å². The monoisotopic (exact) mass is 331 g/mol. The number of nitrogens with one attached hydrogen (secondary N) is 1. The van der Waals surface area contributed by atoms with Crippen molar-refractivity contribution in [2.45, 2.75) is 19.4 Å². The quantitative estimate of drug-likeness (QED) is 0.911. The van der Waals surface area contributed by atoms with Gasteiger partial charge in [-0.25, -0.2) is 0 Å². The predicted octanol–water partition coefficient (Wildman–Crippen LogP) is 3.52. The van der Waals surface area contributed by atoms with Gasteiger partial charge in [0.25, 0.3) is 0 Å². The highest BCUT2D eigenvalue weighted by Crippen LogP contribution is 2.30. The third kappa shape index (κ3) is 2.79. The van der Waals surface area contributed by atoms with Crippen LogP contribution < -0.4 is 5.32 Å². The van der Waals surface area contributed by atoms with E-state index in [4.69, 9.17) is 16.0 Å². The first-order valence-electron chi connectivity index (χ1n) is 5.79. The first kappa shape index (κ1) is 13.6. The maximum atomic E-state index is 6.20. The first-order chi connectivity index (χ1) is 8.63. The normalized spacial score (nSPS) is 12.9. The van der Waals surface area contributed by atoms with Crippen molar-refractivity contribution in [2.75, 3.05) is 6.54 Å². The average Bonchev–Trinajstić information content (AvgIpc) is 2.90. The summed E-state index contributed by atoms with van der Waals surface area (Å²) in [6.45, 7) is 3.00. The zero-order valence-corrected chi connectivity index (χ0v) is 12.6. The number of hydrogen-bond acceptors (Lipinski definition) is 3. The molecule has 2 rings (SSSR count). The molecule has 0 saturated carbocycles. The van der Waals surface area contributed by atoms with E-state index < -0.39 is 0 Å². The summed E-state index contributed by atoms with van der Waals surface area (Å²) in [5.74, 6) is 0.820. The Morgan fingerprint density at radius 3 is 2.83 bits per heavy atom. The standard InChI is InChI=1S/C12H15BrClN3O/c1-3-6-15-11(9-4-5-10(13)18-9)12-8(14)7-16-17(12)2/h4-5,7,11,15H,3,6H2,1-2H3. The summed E-state index contributed by atoms with van der Waals surface area (Å²) in [7, 11) is 1.87. The van der Waals surface area contributed by atoms with Gasteiger partial charge in [0.05, 0.1) is 16.9 Å². The SMILES string of the molecule is CCCNC(c1ccc(Br)o1)c1c(Cl)cnn1C. The molecule has 1 atom stereocenters. The Morgan fingerprint density at radius 1 is 1.56 bits per heavy atom. The van der Waals surface area contributed by atoms with Crippen LogP contribution in [0.2, 0.25) is 5.02 Å². The molecular formula is C12H15BrClN3O. The number of furan rings is 1. The molecule has 0 spiro atoms. The van der Waals surface area contributed by atoms with E-state index in [0.717, 1.165) is 24.4 Å². The van der Waals surface area contributed by atoms with Crippen LogP contribution >= 0.6 is 27.5 Å². The van der Waals surface area contributed by atoms with Crippen molar-refractivity contribution in [3.63, 3.8) is 0 Å². The fourth-order valence-corrected chi connectivity index (χ4v) is 2.44. The van der Waals surface area contributed by atoms with Crippen LogP contribution in [0, 0.1) is 0 Å². The van der Waals surface area contributed by atoms with Crippen molar-refractivity contribution in [1.29, 1.82) is 0 Å². The smallest absolute Gasteiger partial charge is 0.169 e. The van der Waals surface area contributed by atoms with E-state index in [0.29, 0.717) is 9.69 Å². The zero-order valence-electron chi connectivity index (χ0n) is 10.3. The summed E-state index contributed by atoms with van der Waals surface area (Å²) in [5, 5.41) is 8.23. The molecule has 6 heteroatoms. The molecule has 4 nitrogen and oxygen atoms in total. The molecule has 0 amide bonds. The molecule has 2 aromatic rings. The fraction of sp³-hybridized carbons (Fsp3) is 0.417. The van der Waals surface area contributed by atoms with Crippen molar-refractivity contribution >= 4 is 27.5 Å². The van der Waals surface area contributed by atoms with Crippen molar-refractivity contribution in [2.24, 2.45) is 7.05 Å². The Bertz CT molecular complexity index is 504. The van der Waals surface area contributed by atoms with E-state index in [-0.39, 0.29) is 6.04 Å². The third-order valence-corrected chi connectivity index (χ3v) is 3.41. The lowest BCUT2D eigenvalue weighted by molar-refractivity contribution is 0.420. The fourth-order valence-electron chi connectivity index (χ4n) is 1.85. The minimum atomic E-state index is -0.0868. The lowest BCUT2D eigenvalue weighted by Crippen LogP contribution is -2.25. The van der Waals surface area contributed by atoms with Crippen molar-refractivity contribution < 1.29 is 4.42 Å². The molecule has 0 saturated heterocycles. The lowest BCUT2D eigenvalue weighted by atomic mass is 10.1. The number of aromatic nitrogens is 2. The van der Waals surface area contributed by atoms with Crippen LogP contribution in [0.1, 0.15) is 30.8 Å². The molecular weight excluding hydrogens is 318 g/mol. The van der Waals surface area contributed by atoms with Gasteiger partial charge < -0.3 is 9.73 Å². The van der Waals surface area contributed by atoms with Gasteiger partial charge in [-0.05, 0) is 41.0 Å². The van der Waals surface area contributed by atoms with E-state index in [2.05, 4.69) is 33.3 Å². The lowest BCUT2D eigenvalue weighted by Gasteiger charge is -2.17. The second-order valence-electron chi connectivity index (χ2n) is 4.03. The van der Waals surface area contributed by atoms with E-state index in [1.165, 1.54) is 0 Å². The summed E-state index contributed by atoms with van der Waals surface area (Å²) in [5.41, 5.74) is 0.909. The van der Waals surface area contributed by atoms with Crippen LogP contribution in [0.3, 0.4) is 0 Å². The zero-order chi connectivity index (χ0) is 13.1. The van der Waals surface area contributed by atoms with Crippen molar-refractivity contribution in [3.05, 3.63) is 39.5 Å². The van der Waals surface area contributed by atoms with Crippen molar-refractivity contribution in [3.8, 4) is 0 Å². The van der Waals surface area contributed by atoms with E-state index in [1.54, 1.807) is 10.9 Å². The molecule has 0 bridgehead atoms. The highest BCUT2D eigenvalue weighted by molar-refractivity contribution is 9.10. The molecule has 0 aliphatic rings. The summed E-state index contributed by atoms with van der Waals surface area (Å²) in [6.07, 6.45) is 2.68. The highest BCUT2D eigenvalue weighted by atomic mass is 79.9. The van der Waals surface area contributed by atoms with Crippen LogP contribution in [-0.2, 0) is 7.05 Å². The minimum absolute atomic E-state index is 0.0868. The summed E-state index contributed by atoms with van der Waals surface area (Å²) >= 11 is 9.52. The van der Waals surface area contributed by atoms with Gasteiger partial charge in [0.15, 0.2) is 4.67 Å². The second-order valence-corrected chi connectivity index (χ2v) is 5.22. The molecule has 2 heterocycles. The predicted molar refractivity (Wildman–Crippen MR) is 74.8 cm³/mol. The Labute approximate surface area is 119 Å². The second kappa shape index (κ2) is 5.91. The van der Waals surface area contributed by atoms with Crippen LogP contribution in [0.15, 0.2) is 27.4 Å². The summed E-state index contributed by atoms with van der Waals surface area (Å²) in [4.78, 5) is 0. The minimum Gasteiger partial charge on any atom is -0.452 e. The van der Waals surface area contributed by atoms with Gasteiger partial charge in [0.2, 0.25) is 0 Å². The van der Waals surface area contributed by atoms with Gasteiger partial charge in [-0.15, -0.1) is 0 Å². The first-order valence-corrected chi connectivity index (χ1v) is 6.96. The molecule has 98 valence electrons. The number of rotatable bonds is 5. The summed E-state index contributed by atoms with van der Waals surface area (Å²) < 4.78 is 8.11. The molecule has 2 aromatic heterocycles. The van der Waals surface area contributed by atoms with Gasteiger partial charge in [0, 0.05) is 7.05 Å². The Balaban J connectivity index is 2.36. The topological polar surface area (TPSA) is 43.0 Å². The van der Waals surface area contributed by atoms with Gasteiger partial charge in [-0.1, -0.05) is 18.5 Å². The molecule has 0 aliphatic heterocycles. The van der Waals surface area contributed by atoms with E-state index in [9.17, 15) is 0 Å². The maximum absolute atomic E-state index is 6.20. The molecule has 1 unspecified atom stereocenters. The van der Waals surface area contributed by atoms with Crippen LogP contribution in [0.4, 0.5) is 0 Å². The highest BCUT2D eigenvalue weighted by Gasteiger charge is 2.23. The van der Waals surface area contributed by atoms with Crippen LogP contribution in [0.25, 0.3) is 0 Å². The number of halogens is 2. The molecule has 0 aromatic carbocycles. The Morgan fingerprint density at radius 2 is 2.33 bits per heavy atom. The number of hydrogen-bond donors (Lipinski definition) is 1. The Hall–Kier alpha value is -0.780. The molecule has 18 heavy (non-hydrogen) atoms. The van der Waals surface area contributed by atoms with Gasteiger partial charge in [0.1, 0.15) is 11.8 Å². The Kier molecular flexibility index (Phi) is 4.48. The van der Waals surface area contributed by atoms with Gasteiger partial charge in [-0.2, -0.15) is 5.10 Å². The maximum Gasteiger partial charge on any atom is 0.169 e. The summed E-state index contributed by atoms with van der Waals surface area (Å²) in [6, 6.07) is 3.72. The molecule has 0 aliphatic carbocycles. The van der Waals surface area contributed by atoms with Crippen LogP contribution in [0.5, 0.6) is 0 Å². The molecule has 0 radical (unpaired) electrons. The van der Waals surface area contributed by atoms with Crippen molar-refractivity contribution in [1.82, 2.24) is 15.1 Å².